The van der Waals surface area contributed by atoms with Crippen molar-refractivity contribution in [2.75, 3.05) is 5.33 Å². The van der Waals surface area contributed by atoms with Crippen LogP contribution in [0.15, 0.2) is 46.9 Å². The Morgan fingerprint density at radius 1 is 0.950 bits per heavy atom. The number of halogens is 4. The SMILES string of the molecule is Fc1cccc(F)c1CC(CBr)Cc1cccc(Br)c1. The summed E-state index contributed by atoms with van der Waals surface area (Å²) in [5, 5.41) is 0.702. The van der Waals surface area contributed by atoms with Crippen LogP contribution in [-0.2, 0) is 12.8 Å². The van der Waals surface area contributed by atoms with Crippen molar-refractivity contribution in [2.24, 2.45) is 5.92 Å². The molecule has 0 aliphatic carbocycles. The zero-order chi connectivity index (χ0) is 14.5. The van der Waals surface area contributed by atoms with Gasteiger partial charge in [0.25, 0.3) is 0 Å². The Balaban J connectivity index is 2.13. The van der Waals surface area contributed by atoms with Crippen LogP contribution in [0.2, 0.25) is 0 Å². The van der Waals surface area contributed by atoms with Crippen molar-refractivity contribution >= 4 is 31.9 Å². The normalized spacial score (nSPS) is 12.4. The Hall–Kier alpha value is -0.740. The van der Waals surface area contributed by atoms with Crippen LogP contribution in [0.4, 0.5) is 8.78 Å². The summed E-state index contributed by atoms with van der Waals surface area (Å²) < 4.78 is 28.4. The fourth-order valence-corrected chi connectivity index (χ4v) is 3.10. The van der Waals surface area contributed by atoms with E-state index in [4.69, 9.17) is 0 Å². The van der Waals surface area contributed by atoms with E-state index in [-0.39, 0.29) is 11.5 Å². The van der Waals surface area contributed by atoms with Crippen molar-refractivity contribution in [3.05, 3.63) is 69.7 Å². The zero-order valence-corrected chi connectivity index (χ0v) is 13.9. The Labute approximate surface area is 134 Å². The van der Waals surface area contributed by atoms with Crippen LogP contribution in [0.3, 0.4) is 0 Å². The summed E-state index contributed by atoms with van der Waals surface area (Å²) in [5.41, 5.74) is 1.33. The smallest absolute Gasteiger partial charge is 0.129 e. The molecule has 0 saturated heterocycles. The largest absolute Gasteiger partial charge is 0.207 e. The molecular formula is C16H14Br2F2. The molecule has 20 heavy (non-hydrogen) atoms. The maximum absolute atomic E-state index is 13.7. The fraction of sp³-hybridized carbons (Fsp3) is 0.250. The standard InChI is InChI=1S/C16H14Br2F2/c17-10-12(7-11-3-1-4-13(18)8-11)9-14-15(19)5-2-6-16(14)20/h1-6,8,12H,7,9-10H2. The quantitative estimate of drug-likeness (QED) is 0.576. The molecule has 0 aromatic heterocycles. The predicted octanol–water partition coefficient (Wildman–Crippen LogP) is 5.52. The Morgan fingerprint density at radius 2 is 1.60 bits per heavy atom. The van der Waals surface area contributed by atoms with Crippen molar-refractivity contribution in [2.45, 2.75) is 12.8 Å². The molecule has 0 amide bonds. The van der Waals surface area contributed by atoms with Crippen molar-refractivity contribution in [1.82, 2.24) is 0 Å². The van der Waals surface area contributed by atoms with Gasteiger partial charge in [0.15, 0.2) is 0 Å². The molecular weight excluding hydrogens is 390 g/mol. The number of alkyl halides is 1. The van der Waals surface area contributed by atoms with E-state index in [9.17, 15) is 8.78 Å². The van der Waals surface area contributed by atoms with Gasteiger partial charge < -0.3 is 0 Å². The van der Waals surface area contributed by atoms with Gasteiger partial charge in [-0.2, -0.15) is 0 Å². The highest BCUT2D eigenvalue weighted by Gasteiger charge is 2.15. The number of hydrogen-bond donors (Lipinski definition) is 0. The zero-order valence-electron chi connectivity index (χ0n) is 10.8. The van der Waals surface area contributed by atoms with E-state index in [1.165, 1.54) is 18.2 Å². The first-order valence-corrected chi connectivity index (χ1v) is 8.25. The third kappa shape index (κ3) is 4.13. The summed E-state index contributed by atoms with van der Waals surface area (Å²) in [6.45, 7) is 0. The van der Waals surface area contributed by atoms with Crippen LogP contribution in [0.5, 0.6) is 0 Å². The Kier molecular flexibility index (Phi) is 5.73. The van der Waals surface area contributed by atoms with E-state index < -0.39 is 11.6 Å². The van der Waals surface area contributed by atoms with E-state index in [0.717, 1.165) is 16.5 Å². The van der Waals surface area contributed by atoms with Crippen molar-refractivity contribution in [3.8, 4) is 0 Å². The highest BCUT2D eigenvalue weighted by atomic mass is 79.9. The van der Waals surface area contributed by atoms with Gasteiger partial charge in [-0.25, -0.2) is 8.78 Å². The molecule has 0 aliphatic heterocycles. The second-order valence-electron chi connectivity index (χ2n) is 4.76. The maximum atomic E-state index is 13.7. The minimum absolute atomic E-state index is 0.149. The second-order valence-corrected chi connectivity index (χ2v) is 6.32. The van der Waals surface area contributed by atoms with Gasteiger partial charge in [0, 0.05) is 15.4 Å². The first-order valence-electron chi connectivity index (χ1n) is 6.33. The van der Waals surface area contributed by atoms with Gasteiger partial charge in [-0.1, -0.05) is 50.1 Å². The van der Waals surface area contributed by atoms with Crippen LogP contribution >= 0.6 is 31.9 Å². The lowest BCUT2D eigenvalue weighted by Gasteiger charge is -2.15. The summed E-state index contributed by atoms with van der Waals surface area (Å²) in [6, 6.07) is 12.0. The summed E-state index contributed by atoms with van der Waals surface area (Å²) in [4.78, 5) is 0. The lowest BCUT2D eigenvalue weighted by atomic mass is 9.94. The summed E-state index contributed by atoms with van der Waals surface area (Å²) in [5.74, 6) is -0.786. The van der Waals surface area contributed by atoms with E-state index in [1.54, 1.807) is 0 Å². The molecule has 0 bridgehead atoms. The number of benzene rings is 2. The van der Waals surface area contributed by atoms with Crippen molar-refractivity contribution in [1.29, 1.82) is 0 Å². The average Bonchev–Trinajstić information content (AvgIpc) is 2.42. The van der Waals surface area contributed by atoms with Gasteiger partial charge in [-0.3, -0.25) is 0 Å². The van der Waals surface area contributed by atoms with E-state index in [1.807, 2.05) is 24.3 Å². The van der Waals surface area contributed by atoms with Crippen molar-refractivity contribution in [3.63, 3.8) is 0 Å². The summed E-state index contributed by atoms with van der Waals surface area (Å²) in [7, 11) is 0. The maximum Gasteiger partial charge on any atom is 0.129 e. The van der Waals surface area contributed by atoms with Gasteiger partial charge in [0.2, 0.25) is 0 Å². The van der Waals surface area contributed by atoms with Crippen molar-refractivity contribution < 1.29 is 8.78 Å². The average molecular weight is 404 g/mol. The molecule has 1 unspecified atom stereocenters. The van der Waals surface area contributed by atoms with Gasteiger partial charge >= 0.3 is 0 Å². The third-order valence-corrected chi connectivity index (χ3v) is 4.60. The molecule has 0 nitrogen and oxygen atoms in total. The number of rotatable bonds is 5. The molecule has 1 atom stereocenters. The Morgan fingerprint density at radius 3 is 2.20 bits per heavy atom. The molecule has 0 N–H and O–H groups in total. The first-order chi connectivity index (χ1) is 9.60. The Bertz CT molecular complexity index is 564. The highest BCUT2D eigenvalue weighted by molar-refractivity contribution is 9.10. The lowest BCUT2D eigenvalue weighted by molar-refractivity contribution is 0.510. The summed E-state index contributed by atoms with van der Waals surface area (Å²) in [6.07, 6.45) is 1.16. The van der Waals surface area contributed by atoms with Gasteiger partial charge in [0.1, 0.15) is 11.6 Å². The minimum Gasteiger partial charge on any atom is -0.207 e. The number of hydrogen-bond acceptors (Lipinski definition) is 0. The molecule has 0 saturated carbocycles. The summed E-state index contributed by atoms with van der Waals surface area (Å²) >= 11 is 6.87. The van der Waals surface area contributed by atoms with Crippen LogP contribution in [0.25, 0.3) is 0 Å². The molecule has 0 spiro atoms. The molecule has 0 heterocycles. The molecule has 2 aromatic carbocycles. The second kappa shape index (κ2) is 7.32. The molecule has 0 fully saturated rings. The van der Waals surface area contributed by atoms with E-state index in [0.29, 0.717) is 11.8 Å². The molecule has 106 valence electrons. The molecule has 0 aliphatic rings. The van der Waals surface area contributed by atoms with E-state index in [2.05, 4.69) is 31.9 Å². The monoisotopic (exact) mass is 402 g/mol. The minimum atomic E-state index is -0.467. The lowest BCUT2D eigenvalue weighted by Crippen LogP contribution is -2.12. The molecule has 2 aromatic rings. The highest BCUT2D eigenvalue weighted by Crippen LogP contribution is 2.22. The molecule has 0 radical (unpaired) electrons. The fourth-order valence-electron chi connectivity index (χ4n) is 2.19. The molecule has 2 rings (SSSR count). The van der Waals surface area contributed by atoms with Gasteiger partial charge in [-0.05, 0) is 48.6 Å². The molecule has 4 heteroatoms. The van der Waals surface area contributed by atoms with Gasteiger partial charge in [0.05, 0.1) is 0 Å². The first kappa shape index (κ1) is 15.6. The van der Waals surface area contributed by atoms with Crippen LogP contribution in [0, 0.1) is 17.6 Å². The van der Waals surface area contributed by atoms with Crippen LogP contribution in [0.1, 0.15) is 11.1 Å². The van der Waals surface area contributed by atoms with Gasteiger partial charge in [-0.15, -0.1) is 0 Å². The van der Waals surface area contributed by atoms with Crippen LogP contribution in [-0.4, -0.2) is 5.33 Å². The van der Waals surface area contributed by atoms with Crippen LogP contribution < -0.4 is 0 Å². The predicted molar refractivity (Wildman–Crippen MR) is 85.2 cm³/mol. The topological polar surface area (TPSA) is 0 Å². The third-order valence-electron chi connectivity index (χ3n) is 3.19. The van der Waals surface area contributed by atoms with E-state index >= 15 is 0 Å².